The van der Waals surface area contributed by atoms with E-state index in [4.69, 9.17) is 11.6 Å². The van der Waals surface area contributed by atoms with Crippen molar-refractivity contribution in [3.05, 3.63) is 0 Å². The first-order chi connectivity index (χ1) is 6.74. The SMILES string of the molecule is CC1CCC(CNC2CC(Cl)C2)CC1. The standard InChI is InChI=1S/C12H22ClN/c1-9-2-4-10(5-3-9)8-14-12-6-11(13)7-12/h9-12,14H,2-8H2,1H3. The molecular weight excluding hydrogens is 194 g/mol. The highest BCUT2D eigenvalue weighted by Crippen LogP contribution is 2.29. The summed E-state index contributed by atoms with van der Waals surface area (Å²) in [6.45, 7) is 3.62. The Labute approximate surface area is 92.6 Å². The summed E-state index contributed by atoms with van der Waals surface area (Å²) >= 11 is 5.94. The number of rotatable bonds is 3. The Morgan fingerprint density at radius 2 is 1.79 bits per heavy atom. The van der Waals surface area contributed by atoms with Crippen LogP contribution in [0.25, 0.3) is 0 Å². The van der Waals surface area contributed by atoms with Gasteiger partial charge >= 0.3 is 0 Å². The lowest BCUT2D eigenvalue weighted by Gasteiger charge is -2.34. The molecule has 2 aliphatic carbocycles. The molecule has 1 nitrogen and oxygen atoms in total. The average Bonchev–Trinajstić information content (AvgIpc) is 2.13. The van der Waals surface area contributed by atoms with Gasteiger partial charge in [0.15, 0.2) is 0 Å². The van der Waals surface area contributed by atoms with Crippen molar-refractivity contribution in [2.45, 2.75) is 56.9 Å². The molecule has 0 amide bonds. The molecule has 2 fully saturated rings. The van der Waals surface area contributed by atoms with E-state index in [1.54, 1.807) is 0 Å². The highest BCUT2D eigenvalue weighted by Gasteiger charge is 2.27. The Kier molecular flexibility index (Phi) is 3.73. The zero-order chi connectivity index (χ0) is 9.97. The van der Waals surface area contributed by atoms with E-state index in [9.17, 15) is 0 Å². The fourth-order valence-corrected chi connectivity index (χ4v) is 3.01. The highest BCUT2D eigenvalue weighted by molar-refractivity contribution is 6.21. The number of hydrogen-bond donors (Lipinski definition) is 1. The maximum atomic E-state index is 5.94. The number of alkyl halides is 1. The van der Waals surface area contributed by atoms with Crippen molar-refractivity contribution in [3.63, 3.8) is 0 Å². The Morgan fingerprint density at radius 3 is 2.36 bits per heavy atom. The highest BCUT2D eigenvalue weighted by atomic mass is 35.5. The van der Waals surface area contributed by atoms with Crippen molar-refractivity contribution >= 4 is 11.6 Å². The zero-order valence-electron chi connectivity index (χ0n) is 9.14. The summed E-state index contributed by atoms with van der Waals surface area (Å²) in [5, 5.41) is 4.11. The van der Waals surface area contributed by atoms with Gasteiger partial charge < -0.3 is 5.32 Å². The molecule has 14 heavy (non-hydrogen) atoms. The van der Waals surface area contributed by atoms with Gasteiger partial charge in [-0.15, -0.1) is 11.6 Å². The van der Waals surface area contributed by atoms with E-state index < -0.39 is 0 Å². The Balaban J connectivity index is 1.57. The number of hydrogen-bond acceptors (Lipinski definition) is 1. The van der Waals surface area contributed by atoms with Gasteiger partial charge in [-0.1, -0.05) is 19.8 Å². The summed E-state index contributed by atoms with van der Waals surface area (Å²) in [7, 11) is 0. The first-order valence-corrected chi connectivity index (χ1v) is 6.55. The van der Waals surface area contributed by atoms with E-state index in [0.29, 0.717) is 5.38 Å². The Morgan fingerprint density at radius 1 is 1.14 bits per heavy atom. The van der Waals surface area contributed by atoms with Crippen molar-refractivity contribution in [2.75, 3.05) is 6.54 Å². The molecule has 1 N–H and O–H groups in total. The molecule has 0 aliphatic heterocycles. The van der Waals surface area contributed by atoms with Crippen molar-refractivity contribution in [3.8, 4) is 0 Å². The fraction of sp³-hybridized carbons (Fsp3) is 1.00. The molecule has 0 unspecified atom stereocenters. The van der Waals surface area contributed by atoms with Crippen LogP contribution in [0.2, 0.25) is 0 Å². The zero-order valence-corrected chi connectivity index (χ0v) is 9.89. The molecular formula is C12H22ClN. The predicted octanol–water partition coefficient (Wildman–Crippen LogP) is 3.17. The molecule has 0 aromatic carbocycles. The first kappa shape index (κ1) is 10.8. The first-order valence-electron chi connectivity index (χ1n) is 6.11. The quantitative estimate of drug-likeness (QED) is 0.714. The van der Waals surface area contributed by atoms with Crippen LogP contribution >= 0.6 is 11.6 Å². The molecule has 2 saturated carbocycles. The minimum Gasteiger partial charge on any atom is -0.314 e. The van der Waals surface area contributed by atoms with Gasteiger partial charge in [0.05, 0.1) is 0 Å². The van der Waals surface area contributed by atoms with E-state index in [1.165, 1.54) is 45.1 Å². The van der Waals surface area contributed by atoms with Gasteiger partial charge in [0.2, 0.25) is 0 Å². The van der Waals surface area contributed by atoms with Crippen molar-refractivity contribution in [2.24, 2.45) is 11.8 Å². The third-order valence-electron chi connectivity index (χ3n) is 3.91. The maximum absolute atomic E-state index is 5.94. The van der Waals surface area contributed by atoms with Crippen LogP contribution < -0.4 is 5.32 Å². The molecule has 0 spiro atoms. The van der Waals surface area contributed by atoms with Crippen LogP contribution in [0, 0.1) is 11.8 Å². The lowest BCUT2D eigenvalue weighted by Crippen LogP contribution is -2.44. The van der Waals surface area contributed by atoms with E-state index in [0.717, 1.165) is 17.9 Å². The molecule has 0 atom stereocenters. The van der Waals surface area contributed by atoms with Gasteiger partial charge in [-0.2, -0.15) is 0 Å². The molecule has 0 aromatic heterocycles. The minimum absolute atomic E-state index is 0.457. The van der Waals surface area contributed by atoms with Gasteiger partial charge in [0.25, 0.3) is 0 Å². The normalized spacial score (nSPS) is 43.3. The lowest BCUT2D eigenvalue weighted by atomic mass is 9.82. The second kappa shape index (κ2) is 4.85. The molecule has 0 bridgehead atoms. The van der Waals surface area contributed by atoms with E-state index >= 15 is 0 Å². The molecule has 2 heteroatoms. The van der Waals surface area contributed by atoms with Gasteiger partial charge in [-0.05, 0) is 44.1 Å². The topological polar surface area (TPSA) is 12.0 Å². The van der Waals surface area contributed by atoms with Crippen molar-refractivity contribution in [1.29, 1.82) is 0 Å². The summed E-state index contributed by atoms with van der Waals surface area (Å²) in [5.74, 6) is 1.92. The molecule has 2 rings (SSSR count). The van der Waals surface area contributed by atoms with Crippen LogP contribution in [0.5, 0.6) is 0 Å². The molecule has 0 heterocycles. The van der Waals surface area contributed by atoms with E-state index in [-0.39, 0.29) is 0 Å². The lowest BCUT2D eigenvalue weighted by molar-refractivity contribution is 0.253. The minimum atomic E-state index is 0.457. The van der Waals surface area contributed by atoms with Crippen LogP contribution in [-0.4, -0.2) is 18.0 Å². The third-order valence-corrected chi connectivity index (χ3v) is 4.27. The number of halogens is 1. The maximum Gasteiger partial charge on any atom is 0.0365 e. The summed E-state index contributed by atoms with van der Waals surface area (Å²) < 4.78 is 0. The average molecular weight is 216 g/mol. The van der Waals surface area contributed by atoms with E-state index in [2.05, 4.69) is 12.2 Å². The number of nitrogens with one attached hydrogen (secondary N) is 1. The van der Waals surface area contributed by atoms with Crippen LogP contribution in [0.3, 0.4) is 0 Å². The van der Waals surface area contributed by atoms with Crippen LogP contribution in [0.4, 0.5) is 0 Å². The van der Waals surface area contributed by atoms with Crippen LogP contribution in [-0.2, 0) is 0 Å². The fourth-order valence-electron chi connectivity index (χ4n) is 2.58. The van der Waals surface area contributed by atoms with Crippen LogP contribution in [0.15, 0.2) is 0 Å². The molecule has 0 radical (unpaired) electrons. The van der Waals surface area contributed by atoms with Gasteiger partial charge in [-0.25, -0.2) is 0 Å². The smallest absolute Gasteiger partial charge is 0.0365 e. The van der Waals surface area contributed by atoms with Crippen LogP contribution in [0.1, 0.15) is 45.4 Å². The second-order valence-corrected chi connectivity index (χ2v) is 5.92. The van der Waals surface area contributed by atoms with E-state index in [1.807, 2.05) is 0 Å². The monoisotopic (exact) mass is 215 g/mol. The molecule has 0 aromatic rings. The van der Waals surface area contributed by atoms with Gasteiger partial charge in [0.1, 0.15) is 0 Å². The largest absolute Gasteiger partial charge is 0.314 e. The molecule has 0 saturated heterocycles. The third kappa shape index (κ3) is 2.87. The Hall–Kier alpha value is 0.250. The van der Waals surface area contributed by atoms with Gasteiger partial charge in [-0.3, -0.25) is 0 Å². The second-order valence-electron chi connectivity index (χ2n) is 5.30. The summed E-state index contributed by atoms with van der Waals surface area (Å²) in [6.07, 6.45) is 8.12. The summed E-state index contributed by atoms with van der Waals surface area (Å²) in [5.41, 5.74) is 0. The van der Waals surface area contributed by atoms with Crippen molar-refractivity contribution < 1.29 is 0 Å². The summed E-state index contributed by atoms with van der Waals surface area (Å²) in [6, 6.07) is 0.733. The van der Waals surface area contributed by atoms with Crippen molar-refractivity contribution in [1.82, 2.24) is 5.32 Å². The molecule has 2 aliphatic rings. The Bertz CT molecular complexity index is 169. The summed E-state index contributed by atoms with van der Waals surface area (Å²) in [4.78, 5) is 0. The molecule has 82 valence electrons. The predicted molar refractivity (Wildman–Crippen MR) is 61.8 cm³/mol. The van der Waals surface area contributed by atoms with Gasteiger partial charge in [0, 0.05) is 11.4 Å².